The highest BCUT2D eigenvalue weighted by Crippen LogP contribution is 2.33. The molecule has 1 aliphatic rings. The molecule has 2 nitrogen and oxygen atoms in total. The van der Waals surface area contributed by atoms with Crippen LogP contribution < -0.4 is 0 Å². The molecule has 0 atom stereocenters. The molecule has 1 aromatic heterocycles. The van der Waals surface area contributed by atoms with Gasteiger partial charge < -0.3 is 0 Å². The molecule has 0 aliphatic heterocycles. The van der Waals surface area contributed by atoms with E-state index < -0.39 is 0 Å². The molecule has 0 bridgehead atoms. The zero-order valence-electron chi connectivity index (χ0n) is 17.3. The fourth-order valence-corrected chi connectivity index (χ4v) is 4.42. The van der Waals surface area contributed by atoms with E-state index in [2.05, 4.69) is 48.1 Å². The third-order valence-corrected chi connectivity index (χ3v) is 6.24. The smallest absolute Gasteiger partial charge is 0.159 e. The first-order valence-corrected chi connectivity index (χ1v) is 11.2. The molecule has 1 saturated carbocycles. The summed E-state index contributed by atoms with van der Waals surface area (Å²) in [7, 11) is 0. The van der Waals surface area contributed by atoms with E-state index in [0.29, 0.717) is 0 Å². The summed E-state index contributed by atoms with van der Waals surface area (Å²) >= 11 is 0. The number of aromatic nitrogens is 2. The number of hydrogen-bond donors (Lipinski definition) is 0. The molecule has 2 aromatic rings. The Labute approximate surface area is 165 Å². The van der Waals surface area contributed by atoms with Gasteiger partial charge in [0.15, 0.2) is 5.82 Å². The lowest BCUT2D eigenvalue weighted by molar-refractivity contribution is 0.252. The Bertz CT molecular complexity index is 652. The van der Waals surface area contributed by atoms with E-state index in [1.54, 1.807) is 0 Å². The van der Waals surface area contributed by atoms with E-state index in [1.165, 1.54) is 68.9 Å². The molecule has 27 heavy (non-hydrogen) atoms. The van der Waals surface area contributed by atoms with Crippen molar-refractivity contribution < 1.29 is 0 Å². The van der Waals surface area contributed by atoms with Crippen LogP contribution >= 0.6 is 0 Å². The van der Waals surface area contributed by atoms with Crippen molar-refractivity contribution in [3.63, 3.8) is 0 Å². The summed E-state index contributed by atoms with van der Waals surface area (Å²) in [6.45, 7) is 4.55. The topological polar surface area (TPSA) is 25.8 Å². The van der Waals surface area contributed by atoms with E-state index in [1.807, 2.05) is 12.4 Å². The van der Waals surface area contributed by atoms with Crippen LogP contribution in [-0.4, -0.2) is 9.97 Å². The third-order valence-electron chi connectivity index (χ3n) is 6.24. The highest BCUT2D eigenvalue weighted by molar-refractivity contribution is 5.55. The summed E-state index contributed by atoms with van der Waals surface area (Å²) in [4.78, 5) is 9.26. The quantitative estimate of drug-likeness (QED) is 0.477. The Morgan fingerprint density at radius 3 is 1.96 bits per heavy atom. The van der Waals surface area contributed by atoms with Crippen molar-refractivity contribution in [2.75, 3.05) is 0 Å². The second-order valence-corrected chi connectivity index (χ2v) is 8.43. The Morgan fingerprint density at radius 2 is 1.37 bits per heavy atom. The first kappa shape index (κ1) is 20.0. The van der Waals surface area contributed by atoms with Crippen molar-refractivity contribution >= 4 is 0 Å². The first-order valence-electron chi connectivity index (χ1n) is 11.2. The highest BCUT2D eigenvalue weighted by atomic mass is 14.9. The maximum Gasteiger partial charge on any atom is 0.159 e. The Kier molecular flexibility index (Phi) is 7.86. The standard InChI is InChI=1S/C25H36N2/c1-3-5-7-21-14-16-24(17-15-21)25-26-18-23(19-27-25)13-12-22-10-8-20(6-4-2)9-11-22/h14-20,22H,3-13H2,1-2H3. The highest BCUT2D eigenvalue weighted by Gasteiger charge is 2.20. The van der Waals surface area contributed by atoms with E-state index in [9.17, 15) is 0 Å². The van der Waals surface area contributed by atoms with Crippen molar-refractivity contribution in [3.05, 3.63) is 47.8 Å². The van der Waals surface area contributed by atoms with Gasteiger partial charge in [0.05, 0.1) is 0 Å². The summed E-state index contributed by atoms with van der Waals surface area (Å²) in [6.07, 6.45) is 18.7. The van der Waals surface area contributed by atoms with Crippen molar-refractivity contribution in [2.24, 2.45) is 11.8 Å². The number of hydrogen-bond acceptors (Lipinski definition) is 2. The lowest BCUT2D eigenvalue weighted by Gasteiger charge is -2.28. The summed E-state index contributed by atoms with van der Waals surface area (Å²) in [5.74, 6) is 2.76. The predicted molar refractivity (Wildman–Crippen MR) is 115 cm³/mol. The van der Waals surface area contributed by atoms with Gasteiger partial charge in [-0.2, -0.15) is 0 Å². The molecular formula is C25H36N2. The summed E-state index contributed by atoms with van der Waals surface area (Å²) in [5.41, 5.74) is 3.82. The maximum atomic E-state index is 4.63. The van der Waals surface area contributed by atoms with Gasteiger partial charge in [-0.15, -0.1) is 0 Å². The zero-order valence-corrected chi connectivity index (χ0v) is 17.3. The van der Waals surface area contributed by atoms with Gasteiger partial charge in [0.25, 0.3) is 0 Å². The largest absolute Gasteiger partial charge is 0.236 e. The second kappa shape index (κ2) is 10.6. The lowest BCUT2D eigenvalue weighted by atomic mass is 9.78. The minimum atomic E-state index is 0.848. The monoisotopic (exact) mass is 364 g/mol. The van der Waals surface area contributed by atoms with Gasteiger partial charge in [-0.1, -0.05) is 83.1 Å². The van der Waals surface area contributed by atoms with Gasteiger partial charge in [0, 0.05) is 18.0 Å². The summed E-state index contributed by atoms with van der Waals surface area (Å²) < 4.78 is 0. The normalized spacial score (nSPS) is 19.9. The van der Waals surface area contributed by atoms with Gasteiger partial charge in [-0.25, -0.2) is 9.97 Å². The average Bonchev–Trinajstić information content (AvgIpc) is 2.73. The van der Waals surface area contributed by atoms with Crippen molar-refractivity contribution in [1.82, 2.24) is 9.97 Å². The number of aryl methyl sites for hydroxylation is 2. The zero-order chi connectivity index (χ0) is 18.9. The molecule has 0 spiro atoms. The molecule has 0 amide bonds. The molecule has 1 aromatic carbocycles. The van der Waals surface area contributed by atoms with Crippen molar-refractivity contribution in [3.8, 4) is 11.4 Å². The van der Waals surface area contributed by atoms with E-state index >= 15 is 0 Å². The van der Waals surface area contributed by atoms with Crippen LogP contribution in [0.5, 0.6) is 0 Å². The van der Waals surface area contributed by atoms with Crippen LogP contribution in [0.1, 0.15) is 82.8 Å². The number of nitrogens with zero attached hydrogens (tertiary/aromatic N) is 2. The molecule has 0 saturated heterocycles. The van der Waals surface area contributed by atoms with Crippen molar-refractivity contribution in [1.29, 1.82) is 0 Å². The van der Waals surface area contributed by atoms with E-state index in [4.69, 9.17) is 0 Å². The molecule has 146 valence electrons. The summed E-state index contributed by atoms with van der Waals surface area (Å²) in [6, 6.07) is 8.76. The minimum absolute atomic E-state index is 0.848. The van der Waals surface area contributed by atoms with Crippen LogP contribution in [0.2, 0.25) is 0 Å². The third kappa shape index (κ3) is 6.16. The average molecular weight is 365 g/mol. The molecule has 1 fully saturated rings. The first-order chi connectivity index (χ1) is 13.3. The van der Waals surface area contributed by atoms with Crippen LogP contribution in [0, 0.1) is 11.8 Å². The fourth-order valence-electron chi connectivity index (χ4n) is 4.42. The van der Waals surface area contributed by atoms with E-state index in [0.717, 1.165) is 36.1 Å². The second-order valence-electron chi connectivity index (χ2n) is 8.43. The predicted octanol–water partition coefficient (Wildman–Crippen LogP) is 7.03. The Hall–Kier alpha value is -1.70. The molecule has 1 heterocycles. The van der Waals surface area contributed by atoms with Gasteiger partial charge >= 0.3 is 0 Å². The SMILES string of the molecule is CCCCc1ccc(-c2ncc(CCC3CCC(CCC)CC3)cn2)cc1. The van der Waals surface area contributed by atoms with Gasteiger partial charge in [0.1, 0.15) is 0 Å². The molecular weight excluding hydrogens is 328 g/mol. The Balaban J connectivity index is 1.47. The van der Waals surface area contributed by atoms with Crippen LogP contribution in [0.3, 0.4) is 0 Å². The molecule has 2 heteroatoms. The lowest BCUT2D eigenvalue weighted by Crippen LogP contribution is -2.15. The molecule has 0 unspecified atom stereocenters. The summed E-state index contributed by atoms with van der Waals surface area (Å²) in [5, 5.41) is 0. The van der Waals surface area contributed by atoms with E-state index in [-0.39, 0.29) is 0 Å². The molecule has 3 rings (SSSR count). The van der Waals surface area contributed by atoms with Crippen LogP contribution in [0.25, 0.3) is 11.4 Å². The molecule has 1 aliphatic carbocycles. The van der Waals surface area contributed by atoms with Crippen LogP contribution in [0.4, 0.5) is 0 Å². The maximum absolute atomic E-state index is 4.63. The number of rotatable bonds is 9. The molecule has 0 radical (unpaired) electrons. The Morgan fingerprint density at radius 1 is 0.741 bits per heavy atom. The number of unbranched alkanes of at least 4 members (excludes halogenated alkanes) is 1. The van der Waals surface area contributed by atoms with Gasteiger partial charge in [0.2, 0.25) is 0 Å². The van der Waals surface area contributed by atoms with Crippen LogP contribution in [0.15, 0.2) is 36.7 Å². The number of benzene rings is 1. The van der Waals surface area contributed by atoms with Gasteiger partial charge in [-0.05, 0) is 48.6 Å². The fraction of sp³-hybridized carbons (Fsp3) is 0.600. The van der Waals surface area contributed by atoms with Gasteiger partial charge in [-0.3, -0.25) is 0 Å². The molecule has 0 N–H and O–H groups in total. The van der Waals surface area contributed by atoms with Crippen molar-refractivity contribution in [2.45, 2.75) is 84.5 Å². The van der Waals surface area contributed by atoms with Crippen LogP contribution in [-0.2, 0) is 12.8 Å². The minimum Gasteiger partial charge on any atom is -0.236 e.